The van der Waals surface area contributed by atoms with Crippen molar-refractivity contribution in [2.75, 3.05) is 0 Å². The van der Waals surface area contributed by atoms with Crippen molar-refractivity contribution in [3.8, 4) is 0 Å². The Labute approximate surface area is 86.4 Å². The van der Waals surface area contributed by atoms with Crippen LogP contribution in [0.5, 0.6) is 0 Å². The van der Waals surface area contributed by atoms with Crippen LogP contribution in [0.1, 0.15) is 18.0 Å². The molecular weight excluding hydrogens is 209 g/mol. The van der Waals surface area contributed by atoms with Gasteiger partial charge in [0.2, 0.25) is 0 Å². The zero-order valence-corrected chi connectivity index (χ0v) is 8.00. The van der Waals surface area contributed by atoms with Gasteiger partial charge >= 0.3 is 5.97 Å². The summed E-state index contributed by atoms with van der Waals surface area (Å²) in [6, 6.07) is 2.85. The zero-order chi connectivity index (χ0) is 9.42. The first-order valence-corrected chi connectivity index (χ1v) is 4.03. The van der Waals surface area contributed by atoms with E-state index in [9.17, 15) is 9.18 Å². The third kappa shape index (κ3) is 2.01. The minimum Gasteiger partial charge on any atom is -0.481 e. The number of aromatic nitrogens is 1. The summed E-state index contributed by atoms with van der Waals surface area (Å²) in [5, 5.41) is 8.64. The Kier molecular flexibility index (Phi) is 3.06. The van der Waals surface area contributed by atoms with Gasteiger partial charge in [-0.25, -0.2) is 4.39 Å². The highest BCUT2D eigenvalue weighted by Gasteiger charge is 2.45. The minimum absolute atomic E-state index is 0. The molecule has 1 saturated carbocycles. The van der Waals surface area contributed by atoms with Crippen molar-refractivity contribution in [3.05, 3.63) is 29.8 Å². The van der Waals surface area contributed by atoms with Gasteiger partial charge in [0.25, 0.3) is 0 Å². The van der Waals surface area contributed by atoms with E-state index in [4.69, 9.17) is 5.11 Å². The van der Waals surface area contributed by atoms with Crippen LogP contribution >= 0.6 is 12.4 Å². The lowest BCUT2D eigenvalue weighted by atomic mass is 10.2. The molecule has 1 fully saturated rings. The Bertz CT molecular complexity index is 341. The van der Waals surface area contributed by atoms with E-state index in [-0.39, 0.29) is 24.2 Å². The first-order valence-electron chi connectivity index (χ1n) is 4.03. The van der Waals surface area contributed by atoms with E-state index in [0.29, 0.717) is 12.1 Å². The number of hydrogen-bond acceptors (Lipinski definition) is 2. The maximum absolute atomic E-state index is 12.4. The Morgan fingerprint density at radius 3 is 2.71 bits per heavy atom. The van der Waals surface area contributed by atoms with E-state index in [1.807, 2.05) is 0 Å². The summed E-state index contributed by atoms with van der Waals surface area (Å²) in [7, 11) is 0. The average molecular weight is 218 g/mol. The maximum atomic E-state index is 12.4. The van der Waals surface area contributed by atoms with Crippen LogP contribution in [-0.4, -0.2) is 16.1 Å². The van der Waals surface area contributed by atoms with Gasteiger partial charge in [-0.2, -0.15) is 0 Å². The smallest absolute Gasteiger partial charge is 0.307 e. The van der Waals surface area contributed by atoms with Gasteiger partial charge in [-0.1, -0.05) is 0 Å². The van der Waals surface area contributed by atoms with E-state index in [0.717, 1.165) is 6.20 Å². The molecular formula is C9H9ClFNO2. The number of nitrogens with zero attached hydrogens (tertiary/aromatic N) is 1. The van der Waals surface area contributed by atoms with Crippen molar-refractivity contribution >= 4 is 18.4 Å². The summed E-state index contributed by atoms with van der Waals surface area (Å²) in [4.78, 5) is 14.3. The Balaban J connectivity index is 0.000000980. The number of carbonyl (C=O) groups is 1. The fourth-order valence-corrected chi connectivity index (χ4v) is 1.40. The standard InChI is InChI=1S/C9H8FNO2.ClH/c10-5-1-2-8(11-4-5)6-3-7(6)9(12)13;/h1-2,4,6-7H,3H2,(H,12,13);1H/t6-,7-;/m1./s1. The van der Waals surface area contributed by atoms with Crippen molar-refractivity contribution in [1.29, 1.82) is 0 Å². The van der Waals surface area contributed by atoms with Gasteiger partial charge in [-0.3, -0.25) is 9.78 Å². The molecule has 76 valence electrons. The molecule has 1 aromatic rings. The summed E-state index contributed by atoms with van der Waals surface area (Å²) in [6.45, 7) is 0. The first-order chi connectivity index (χ1) is 6.18. The molecule has 2 atom stereocenters. The number of pyridine rings is 1. The average Bonchev–Trinajstić information content (AvgIpc) is 2.85. The number of carboxylic acid groups (broad SMARTS) is 1. The van der Waals surface area contributed by atoms with Crippen LogP contribution in [0, 0.1) is 11.7 Å². The largest absolute Gasteiger partial charge is 0.481 e. The number of aliphatic carboxylic acids is 1. The van der Waals surface area contributed by atoms with Crippen molar-refractivity contribution in [3.63, 3.8) is 0 Å². The van der Waals surface area contributed by atoms with Crippen LogP contribution in [0.4, 0.5) is 4.39 Å². The minimum atomic E-state index is -0.795. The van der Waals surface area contributed by atoms with Crippen LogP contribution < -0.4 is 0 Å². The monoisotopic (exact) mass is 217 g/mol. The third-order valence-corrected chi connectivity index (χ3v) is 2.24. The van der Waals surface area contributed by atoms with Crippen molar-refractivity contribution in [2.45, 2.75) is 12.3 Å². The van der Waals surface area contributed by atoms with E-state index >= 15 is 0 Å². The Hall–Kier alpha value is -1.16. The lowest BCUT2D eigenvalue weighted by Gasteiger charge is -1.95. The molecule has 0 unspecified atom stereocenters. The summed E-state index contributed by atoms with van der Waals surface area (Å²) in [5.74, 6) is -1.52. The van der Waals surface area contributed by atoms with E-state index in [2.05, 4.69) is 4.98 Å². The summed E-state index contributed by atoms with van der Waals surface area (Å²) >= 11 is 0. The van der Waals surface area contributed by atoms with Gasteiger partial charge < -0.3 is 5.11 Å². The number of rotatable bonds is 2. The molecule has 0 aromatic carbocycles. The van der Waals surface area contributed by atoms with Gasteiger partial charge in [0.1, 0.15) is 5.82 Å². The molecule has 0 aliphatic heterocycles. The second-order valence-electron chi connectivity index (χ2n) is 3.19. The topological polar surface area (TPSA) is 50.2 Å². The lowest BCUT2D eigenvalue weighted by Crippen LogP contribution is -1.99. The van der Waals surface area contributed by atoms with E-state index < -0.39 is 11.8 Å². The second-order valence-corrected chi connectivity index (χ2v) is 3.19. The molecule has 0 radical (unpaired) electrons. The second kappa shape index (κ2) is 3.92. The van der Waals surface area contributed by atoms with Crippen LogP contribution in [0.25, 0.3) is 0 Å². The van der Waals surface area contributed by atoms with Gasteiger partial charge in [0, 0.05) is 11.6 Å². The van der Waals surface area contributed by atoms with Gasteiger partial charge in [0.05, 0.1) is 12.1 Å². The lowest BCUT2D eigenvalue weighted by molar-refractivity contribution is -0.138. The first kappa shape index (κ1) is 10.9. The summed E-state index contributed by atoms with van der Waals surface area (Å²) < 4.78 is 12.4. The fourth-order valence-electron chi connectivity index (χ4n) is 1.40. The molecule has 1 aromatic heterocycles. The van der Waals surface area contributed by atoms with Crippen molar-refractivity contribution in [1.82, 2.24) is 4.98 Å². The Morgan fingerprint density at radius 1 is 1.57 bits per heavy atom. The molecule has 1 aliphatic carbocycles. The van der Waals surface area contributed by atoms with Crippen LogP contribution in [0.2, 0.25) is 0 Å². The zero-order valence-electron chi connectivity index (χ0n) is 7.18. The molecule has 14 heavy (non-hydrogen) atoms. The Morgan fingerprint density at radius 2 is 2.29 bits per heavy atom. The number of hydrogen-bond donors (Lipinski definition) is 1. The molecule has 0 bridgehead atoms. The van der Waals surface area contributed by atoms with E-state index in [1.165, 1.54) is 6.07 Å². The van der Waals surface area contributed by atoms with Crippen LogP contribution in [-0.2, 0) is 4.79 Å². The molecule has 2 rings (SSSR count). The molecule has 0 amide bonds. The highest BCUT2D eigenvalue weighted by atomic mass is 35.5. The number of halogens is 2. The molecule has 1 heterocycles. The highest BCUT2D eigenvalue weighted by Crippen LogP contribution is 2.46. The quantitative estimate of drug-likeness (QED) is 0.822. The van der Waals surface area contributed by atoms with E-state index in [1.54, 1.807) is 6.07 Å². The number of carboxylic acids is 1. The molecule has 1 N–H and O–H groups in total. The summed E-state index contributed by atoms with van der Waals surface area (Å²) in [6.07, 6.45) is 1.74. The molecule has 1 aliphatic rings. The molecule has 0 saturated heterocycles. The third-order valence-electron chi connectivity index (χ3n) is 2.24. The predicted octanol–water partition coefficient (Wildman–Crippen LogP) is 1.83. The molecule has 3 nitrogen and oxygen atoms in total. The highest BCUT2D eigenvalue weighted by molar-refractivity contribution is 5.85. The SMILES string of the molecule is Cl.O=C(O)[C@@H]1C[C@H]1c1ccc(F)cn1. The summed E-state index contributed by atoms with van der Waals surface area (Å²) in [5.41, 5.74) is 0.675. The van der Waals surface area contributed by atoms with Crippen molar-refractivity contribution < 1.29 is 14.3 Å². The van der Waals surface area contributed by atoms with Gasteiger partial charge in [0.15, 0.2) is 0 Å². The normalized spacial score (nSPS) is 23.8. The van der Waals surface area contributed by atoms with Gasteiger partial charge in [-0.15, -0.1) is 12.4 Å². The molecule has 5 heteroatoms. The fraction of sp³-hybridized carbons (Fsp3) is 0.333. The predicted molar refractivity (Wildman–Crippen MR) is 49.9 cm³/mol. The van der Waals surface area contributed by atoms with Gasteiger partial charge in [-0.05, 0) is 18.6 Å². The molecule has 0 spiro atoms. The van der Waals surface area contributed by atoms with Crippen LogP contribution in [0.3, 0.4) is 0 Å². The van der Waals surface area contributed by atoms with Crippen molar-refractivity contribution in [2.24, 2.45) is 5.92 Å². The maximum Gasteiger partial charge on any atom is 0.307 e. The van der Waals surface area contributed by atoms with Crippen LogP contribution in [0.15, 0.2) is 18.3 Å².